The van der Waals surface area contributed by atoms with E-state index >= 15 is 0 Å². The van der Waals surface area contributed by atoms with Crippen LogP contribution in [0.2, 0.25) is 0 Å². The van der Waals surface area contributed by atoms with Crippen molar-refractivity contribution < 1.29 is 4.74 Å². The molecule has 0 amide bonds. The van der Waals surface area contributed by atoms with Crippen molar-refractivity contribution in [1.29, 1.82) is 5.26 Å². The summed E-state index contributed by atoms with van der Waals surface area (Å²) < 4.78 is 5.87. The summed E-state index contributed by atoms with van der Waals surface area (Å²) >= 11 is 0. The van der Waals surface area contributed by atoms with Crippen LogP contribution in [-0.2, 0) is 4.74 Å². The maximum atomic E-state index is 9.41. The van der Waals surface area contributed by atoms with Crippen LogP contribution in [0.25, 0.3) is 0 Å². The van der Waals surface area contributed by atoms with Gasteiger partial charge in [-0.2, -0.15) is 5.26 Å². The molecule has 1 rings (SSSR count). The summed E-state index contributed by atoms with van der Waals surface area (Å²) in [5, 5.41) is 12.8. The molecular weight excluding hydrogens is 212 g/mol. The molecular formula is C14H26N2O. The standard InChI is InChI=1S/C14H26N2O/c1-4-5-9-17-13-7-6-8-14(10-13,11-15)16-12(2)3/h12-13,16H,4-10H2,1-3H3. The van der Waals surface area contributed by atoms with Gasteiger partial charge < -0.3 is 4.74 Å². The quantitative estimate of drug-likeness (QED) is 0.723. The average molecular weight is 238 g/mol. The molecule has 0 radical (unpaired) electrons. The van der Waals surface area contributed by atoms with Crippen molar-refractivity contribution in [3.8, 4) is 6.07 Å². The van der Waals surface area contributed by atoms with Crippen molar-refractivity contribution in [1.82, 2.24) is 5.32 Å². The van der Waals surface area contributed by atoms with Gasteiger partial charge in [0.05, 0.1) is 12.2 Å². The Morgan fingerprint density at radius 3 is 2.88 bits per heavy atom. The zero-order valence-corrected chi connectivity index (χ0v) is 11.5. The van der Waals surface area contributed by atoms with E-state index in [1.165, 1.54) is 6.42 Å². The second-order valence-electron chi connectivity index (χ2n) is 5.44. The normalized spacial score (nSPS) is 29.2. The lowest BCUT2D eigenvalue weighted by molar-refractivity contribution is 0.00659. The van der Waals surface area contributed by atoms with Gasteiger partial charge in [0.1, 0.15) is 5.54 Å². The zero-order valence-electron chi connectivity index (χ0n) is 11.5. The molecule has 0 bridgehead atoms. The Balaban J connectivity index is 2.48. The Kier molecular flexibility index (Phi) is 5.94. The van der Waals surface area contributed by atoms with E-state index in [9.17, 15) is 5.26 Å². The third-order valence-electron chi connectivity index (χ3n) is 3.34. The number of nitrogens with one attached hydrogen (secondary N) is 1. The molecule has 1 aliphatic rings. The van der Waals surface area contributed by atoms with E-state index in [2.05, 4.69) is 32.2 Å². The smallest absolute Gasteiger partial charge is 0.109 e. The first-order valence-electron chi connectivity index (χ1n) is 6.92. The third-order valence-corrected chi connectivity index (χ3v) is 3.34. The van der Waals surface area contributed by atoms with Crippen molar-refractivity contribution in [2.75, 3.05) is 6.61 Å². The molecule has 0 aromatic carbocycles. The zero-order chi connectivity index (χ0) is 12.7. The number of hydrogen-bond acceptors (Lipinski definition) is 3. The van der Waals surface area contributed by atoms with E-state index in [4.69, 9.17) is 4.74 Å². The second-order valence-corrected chi connectivity index (χ2v) is 5.44. The lowest BCUT2D eigenvalue weighted by Gasteiger charge is -2.37. The molecule has 0 aromatic rings. The molecule has 0 aromatic heterocycles. The Hall–Kier alpha value is -0.590. The molecule has 3 heteroatoms. The number of ether oxygens (including phenoxy) is 1. The predicted octanol–water partition coefficient (Wildman–Crippen LogP) is 3.01. The van der Waals surface area contributed by atoms with Crippen molar-refractivity contribution in [2.24, 2.45) is 0 Å². The molecule has 0 saturated heterocycles. The highest BCUT2D eigenvalue weighted by Gasteiger charge is 2.37. The van der Waals surface area contributed by atoms with Gasteiger partial charge in [0.15, 0.2) is 0 Å². The Morgan fingerprint density at radius 2 is 2.29 bits per heavy atom. The van der Waals surface area contributed by atoms with Gasteiger partial charge in [-0.3, -0.25) is 5.32 Å². The summed E-state index contributed by atoms with van der Waals surface area (Å²) in [4.78, 5) is 0. The summed E-state index contributed by atoms with van der Waals surface area (Å²) in [6.07, 6.45) is 6.53. The lowest BCUT2D eigenvalue weighted by atomic mass is 9.80. The summed E-state index contributed by atoms with van der Waals surface area (Å²) in [5.74, 6) is 0. The van der Waals surface area contributed by atoms with Crippen LogP contribution < -0.4 is 5.32 Å². The maximum absolute atomic E-state index is 9.41. The Morgan fingerprint density at radius 1 is 1.53 bits per heavy atom. The fourth-order valence-electron chi connectivity index (χ4n) is 2.58. The number of nitriles is 1. The largest absolute Gasteiger partial charge is 0.378 e. The van der Waals surface area contributed by atoms with Crippen LogP contribution in [0, 0.1) is 11.3 Å². The van der Waals surface area contributed by atoms with Crippen LogP contribution in [0.15, 0.2) is 0 Å². The molecule has 2 atom stereocenters. The molecule has 2 unspecified atom stereocenters. The highest BCUT2D eigenvalue weighted by molar-refractivity contribution is 5.10. The van der Waals surface area contributed by atoms with Crippen LogP contribution in [0.1, 0.15) is 59.3 Å². The van der Waals surface area contributed by atoms with Gasteiger partial charge in [-0.15, -0.1) is 0 Å². The van der Waals surface area contributed by atoms with Crippen molar-refractivity contribution in [2.45, 2.75) is 77.0 Å². The van der Waals surface area contributed by atoms with E-state index in [0.29, 0.717) is 6.04 Å². The Bertz CT molecular complexity index is 259. The van der Waals surface area contributed by atoms with Crippen molar-refractivity contribution in [3.05, 3.63) is 0 Å². The van der Waals surface area contributed by atoms with Crippen molar-refractivity contribution in [3.63, 3.8) is 0 Å². The third kappa shape index (κ3) is 4.65. The summed E-state index contributed by atoms with van der Waals surface area (Å²) in [5.41, 5.74) is -0.358. The summed E-state index contributed by atoms with van der Waals surface area (Å²) in [7, 11) is 0. The second kappa shape index (κ2) is 6.98. The van der Waals surface area contributed by atoms with Gasteiger partial charge in [-0.1, -0.05) is 13.3 Å². The highest BCUT2D eigenvalue weighted by atomic mass is 16.5. The number of nitrogens with zero attached hydrogens (tertiary/aromatic N) is 1. The van der Waals surface area contributed by atoms with Gasteiger partial charge >= 0.3 is 0 Å². The molecule has 17 heavy (non-hydrogen) atoms. The fraction of sp³-hybridized carbons (Fsp3) is 0.929. The molecule has 1 saturated carbocycles. The van der Waals surface area contributed by atoms with Crippen LogP contribution in [0.3, 0.4) is 0 Å². The van der Waals surface area contributed by atoms with Crippen LogP contribution in [0.5, 0.6) is 0 Å². The minimum Gasteiger partial charge on any atom is -0.378 e. The van der Waals surface area contributed by atoms with E-state index in [0.717, 1.165) is 38.7 Å². The average Bonchev–Trinajstić information content (AvgIpc) is 2.29. The van der Waals surface area contributed by atoms with Crippen LogP contribution in [0.4, 0.5) is 0 Å². The van der Waals surface area contributed by atoms with Gasteiger partial charge in [0, 0.05) is 19.1 Å². The van der Waals surface area contributed by atoms with Gasteiger partial charge in [0.25, 0.3) is 0 Å². The summed E-state index contributed by atoms with van der Waals surface area (Å²) in [6.45, 7) is 7.20. The molecule has 0 spiro atoms. The lowest BCUT2D eigenvalue weighted by Crippen LogP contribution is -2.52. The number of hydrogen-bond donors (Lipinski definition) is 1. The minimum absolute atomic E-state index is 0.265. The minimum atomic E-state index is -0.358. The predicted molar refractivity (Wildman–Crippen MR) is 69.7 cm³/mol. The van der Waals surface area contributed by atoms with Gasteiger partial charge in [-0.05, 0) is 39.5 Å². The molecule has 1 N–H and O–H groups in total. The first-order chi connectivity index (χ1) is 8.12. The van der Waals surface area contributed by atoms with Crippen molar-refractivity contribution >= 4 is 0 Å². The van der Waals surface area contributed by atoms with Gasteiger partial charge in [-0.25, -0.2) is 0 Å². The first kappa shape index (κ1) is 14.5. The fourth-order valence-corrected chi connectivity index (χ4v) is 2.58. The van der Waals surface area contributed by atoms with E-state index < -0.39 is 0 Å². The molecule has 1 fully saturated rings. The van der Waals surface area contributed by atoms with E-state index in [1.54, 1.807) is 0 Å². The topological polar surface area (TPSA) is 45.0 Å². The maximum Gasteiger partial charge on any atom is 0.109 e. The molecule has 3 nitrogen and oxygen atoms in total. The highest BCUT2D eigenvalue weighted by Crippen LogP contribution is 2.30. The monoisotopic (exact) mass is 238 g/mol. The van der Waals surface area contributed by atoms with E-state index in [-0.39, 0.29) is 11.6 Å². The van der Waals surface area contributed by atoms with E-state index in [1.807, 2.05) is 0 Å². The van der Waals surface area contributed by atoms with Gasteiger partial charge in [0.2, 0.25) is 0 Å². The molecule has 98 valence electrons. The molecule has 0 aliphatic heterocycles. The summed E-state index contributed by atoms with van der Waals surface area (Å²) in [6, 6.07) is 2.83. The number of unbranched alkanes of at least 4 members (excludes halogenated alkanes) is 1. The molecule has 1 aliphatic carbocycles. The SMILES string of the molecule is CCCCOC1CCCC(C#N)(NC(C)C)C1. The Labute approximate surface area is 106 Å². The first-order valence-corrected chi connectivity index (χ1v) is 6.92. The molecule has 0 heterocycles. The van der Waals surface area contributed by atoms with Crippen LogP contribution >= 0.6 is 0 Å². The number of rotatable bonds is 6. The van der Waals surface area contributed by atoms with Crippen LogP contribution in [-0.4, -0.2) is 24.3 Å².